The van der Waals surface area contributed by atoms with Crippen molar-refractivity contribution in [2.45, 2.75) is 59.5 Å². The Morgan fingerprint density at radius 3 is 2.62 bits per heavy atom. The topological polar surface area (TPSA) is 72.4 Å². The quantitative estimate of drug-likeness (QED) is 0.378. The van der Waals surface area contributed by atoms with Crippen LogP contribution in [0, 0.1) is 5.92 Å². The van der Waals surface area contributed by atoms with Gasteiger partial charge in [0.1, 0.15) is 15.9 Å². The van der Waals surface area contributed by atoms with E-state index < -0.39 is 28.7 Å². The Bertz CT molecular complexity index is 1610. The van der Waals surface area contributed by atoms with Crippen molar-refractivity contribution in [1.29, 1.82) is 0 Å². The number of hydrogen-bond acceptors (Lipinski definition) is 5. The molecule has 0 bridgehead atoms. The van der Waals surface area contributed by atoms with Gasteiger partial charge in [0.2, 0.25) is 0 Å². The summed E-state index contributed by atoms with van der Waals surface area (Å²) in [6.07, 6.45) is 5.85. The Morgan fingerprint density at radius 2 is 1.89 bits per heavy atom. The van der Waals surface area contributed by atoms with Crippen molar-refractivity contribution in [3.63, 3.8) is 0 Å². The van der Waals surface area contributed by atoms with Crippen LogP contribution < -0.4 is 11.2 Å². The monoisotopic (exact) mass is 547 g/mol. The maximum Gasteiger partial charge on any atom is 0.416 e. The summed E-state index contributed by atoms with van der Waals surface area (Å²) in [5, 5.41) is 11.5. The lowest BCUT2D eigenvalue weighted by atomic mass is 9.63. The average molecular weight is 548 g/mol. The molecule has 0 saturated heterocycles. The van der Waals surface area contributed by atoms with Gasteiger partial charge in [0.25, 0.3) is 5.56 Å². The fraction of sp³-hybridized carbons (Fsp3) is 0.333. The van der Waals surface area contributed by atoms with E-state index in [0.29, 0.717) is 16.8 Å². The maximum atomic E-state index is 13.9. The van der Waals surface area contributed by atoms with Crippen LogP contribution in [0.3, 0.4) is 0 Å². The van der Waals surface area contributed by atoms with Gasteiger partial charge in [0.15, 0.2) is 5.75 Å². The van der Waals surface area contributed by atoms with Gasteiger partial charge >= 0.3 is 11.8 Å². The van der Waals surface area contributed by atoms with Crippen molar-refractivity contribution < 1.29 is 22.7 Å². The summed E-state index contributed by atoms with van der Waals surface area (Å²) in [6.45, 7) is 0. The fourth-order valence-electron chi connectivity index (χ4n) is 6.19. The van der Waals surface area contributed by atoms with Crippen LogP contribution in [0.25, 0.3) is 11.0 Å². The van der Waals surface area contributed by atoms with E-state index in [1.165, 1.54) is 12.1 Å². The van der Waals surface area contributed by atoms with Crippen molar-refractivity contribution in [2.24, 2.45) is 5.92 Å². The third kappa shape index (κ3) is 3.77. The minimum atomic E-state index is -4.57. The van der Waals surface area contributed by atoms with Crippen molar-refractivity contribution in [2.75, 3.05) is 0 Å². The van der Waals surface area contributed by atoms with Crippen LogP contribution in [0.2, 0.25) is 0 Å². The first-order valence-corrected chi connectivity index (χ1v) is 13.2. The average Bonchev–Trinajstić information content (AvgIpc) is 3.10. The number of allylic oxidation sites excluding steroid dienone is 4. The van der Waals surface area contributed by atoms with Gasteiger partial charge in [-0.15, -0.1) is 0 Å². The summed E-state index contributed by atoms with van der Waals surface area (Å²) in [6, 6.07) is 5.76. The van der Waals surface area contributed by atoms with E-state index in [-0.39, 0.29) is 38.1 Å². The van der Waals surface area contributed by atoms with Crippen molar-refractivity contribution in [3.8, 4) is 5.75 Å². The lowest BCUT2D eigenvalue weighted by Crippen LogP contribution is -2.34. The predicted molar refractivity (Wildman–Crippen MR) is 134 cm³/mol. The summed E-state index contributed by atoms with van der Waals surface area (Å²) < 4.78 is 46.7. The largest absolute Gasteiger partial charge is 0.505 e. The van der Waals surface area contributed by atoms with Crippen LogP contribution in [-0.2, 0) is 11.6 Å². The molecule has 3 heterocycles. The zero-order valence-electron chi connectivity index (χ0n) is 19.3. The first kappa shape index (κ1) is 24.4. The number of nitrogens with zero attached hydrogens (tertiary/aromatic N) is 1. The number of benzene rings is 1. The Hall–Kier alpha value is -2.91. The zero-order chi connectivity index (χ0) is 26.1. The van der Waals surface area contributed by atoms with Gasteiger partial charge in [0, 0.05) is 33.0 Å². The van der Waals surface area contributed by atoms with E-state index in [2.05, 4.69) is 0 Å². The smallest absolute Gasteiger partial charge is 0.416 e. The van der Waals surface area contributed by atoms with Crippen LogP contribution >= 0.6 is 23.4 Å². The minimum Gasteiger partial charge on any atom is -0.505 e. The number of pyridine rings is 1. The summed E-state index contributed by atoms with van der Waals surface area (Å²) in [7, 11) is 0. The third-order valence-electron chi connectivity index (χ3n) is 7.78. The van der Waals surface area contributed by atoms with Gasteiger partial charge in [0.05, 0.1) is 11.6 Å². The first-order chi connectivity index (χ1) is 17.6. The molecule has 5 nitrogen and oxygen atoms in total. The molecule has 3 aliphatic rings. The number of alkyl halides is 3. The highest BCUT2D eigenvalue weighted by atomic mass is 35.5. The van der Waals surface area contributed by atoms with Crippen LogP contribution in [0.4, 0.5) is 13.2 Å². The van der Waals surface area contributed by atoms with E-state index in [9.17, 15) is 27.9 Å². The Kier molecular flexibility index (Phi) is 5.65. The lowest BCUT2D eigenvalue weighted by molar-refractivity contribution is -0.137. The molecule has 3 aromatic rings. The molecular weight excluding hydrogens is 527 g/mol. The second-order valence-electron chi connectivity index (χ2n) is 9.78. The van der Waals surface area contributed by atoms with E-state index in [1.807, 2.05) is 12.2 Å². The molecular formula is C27H21ClF3NO4S. The van der Waals surface area contributed by atoms with Crippen LogP contribution in [0.15, 0.2) is 77.4 Å². The lowest BCUT2D eigenvalue weighted by Gasteiger charge is -2.39. The maximum absolute atomic E-state index is 13.9. The first-order valence-electron chi connectivity index (χ1n) is 12.0. The third-order valence-corrected chi connectivity index (χ3v) is 9.08. The summed E-state index contributed by atoms with van der Waals surface area (Å²) >= 11 is 7.00. The van der Waals surface area contributed by atoms with Crippen molar-refractivity contribution >= 4 is 34.3 Å². The molecule has 37 heavy (non-hydrogen) atoms. The molecule has 1 spiro atoms. The molecule has 10 heteroatoms. The molecule has 2 aromatic heterocycles. The number of halogens is 4. The summed E-state index contributed by atoms with van der Waals surface area (Å²) in [5.41, 5.74) is -1.94. The minimum absolute atomic E-state index is 0.0326. The Labute approximate surface area is 218 Å². The van der Waals surface area contributed by atoms with E-state index in [4.69, 9.17) is 16.0 Å². The van der Waals surface area contributed by atoms with Crippen molar-refractivity contribution in [3.05, 3.63) is 85.6 Å². The molecule has 1 aromatic carbocycles. The molecule has 2 unspecified atom stereocenters. The van der Waals surface area contributed by atoms with Gasteiger partial charge < -0.3 is 14.1 Å². The molecule has 192 valence electrons. The molecule has 1 saturated carbocycles. The summed E-state index contributed by atoms with van der Waals surface area (Å²) in [5.74, 6) is -0.647. The normalized spacial score (nSPS) is 22.2. The molecule has 1 N–H and O–H groups in total. The van der Waals surface area contributed by atoms with E-state index >= 15 is 0 Å². The van der Waals surface area contributed by atoms with Gasteiger partial charge in [-0.2, -0.15) is 13.2 Å². The second-order valence-corrected chi connectivity index (χ2v) is 11.3. The van der Waals surface area contributed by atoms with Gasteiger partial charge in [-0.3, -0.25) is 4.79 Å². The highest BCUT2D eigenvalue weighted by Crippen LogP contribution is 2.56. The SMILES string of the molecule is O=c1oc2cc3n(c(=O)c2c(O)c1Sc1cccc(C(F)(F)F)c1)C1C=CC(Cl)=CC1C31CCCCC1. The highest BCUT2D eigenvalue weighted by molar-refractivity contribution is 7.99. The van der Waals surface area contributed by atoms with Crippen LogP contribution in [0.5, 0.6) is 5.75 Å². The number of aromatic nitrogens is 1. The Morgan fingerprint density at radius 1 is 1.14 bits per heavy atom. The van der Waals surface area contributed by atoms with E-state index in [0.717, 1.165) is 49.9 Å². The Balaban J connectivity index is 1.54. The van der Waals surface area contributed by atoms with Gasteiger partial charge in [-0.25, -0.2) is 4.79 Å². The molecule has 0 amide bonds. The number of fused-ring (bicyclic) bond motifs is 6. The molecule has 2 aliphatic carbocycles. The second kappa shape index (κ2) is 8.56. The molecule has 0 radical (unpaired) electrons. The number of hydrogen-bond donors (Lipinski definition) is 1. The zero-order valence-corrected chi connectivity index (χ0v) is 20.9. The van der Waals surface area contributed by atoms with Crippen LogP contribution in [-0.4, -0.2) is 9.67 Å². The molecule has 1 aliphatic heterocycles. The number of aromatic hydroxyl groups is 1. The predicted octanol–water partition coefficient (Wildman–Crippen LogP) is 6.90. The van der Waals surface area contributed by atoms with Crippen LogP contribution in [0.1, 0.15) is 49.4 Å². The highest BCUT2D eigenvalue weighted by Gasteiger charge is 2.52. The fourth-order valence-corrected chi connectivity index (χ4v) is 7.29. The van der Waals surface area contributed by atoms with Crippen molar-refractivity contribution in [1.82, 2.24) is 4.57 Å². The van der Waals surface area contributed by atoms with Gasteiger partial charge in [-0.1, -0.05) is 60.8 Å². The molecule has 2 atom stereocenters. The van der Waals surface area contributed by atoms with Gasteiger partial charge in [-0.05, 0) is 37.1 Å². The van der Waals surface area contributed by atoms with E-state index in [1.54, 1.807) is 16.7 Å². The summed E-state index contributed by atoms with van der Waals surface area (Å²) in [4.78, 5) is 26.5. The molecule has 6 rings (SSSR count). The number of rotatable bonds is 2. The standard InChI is InChI=1S/C27H21ClF3NO4S/c28-15-7-8-18-17(12-15)26(9-2-1-3-10-26)20-13-19-21(24(34)32(18)20)22(33)23(25(35)36-19)37-16-6-4-5-14(11-16)27(29,30)31/h4-8,11-13,17-18,33H,1-3,9-10H2. The molecule has 1 fully saturated rings.